The second kappa shape index (κ2) is 8.15. The summed E-state index contributed by atoms with van der Waals surface area (Å²) in [6, 6.07) is 3.44. The minimum Gasteiger partial charge on any atom is -0.465 e. The van der Waals surface area contributed by atoms with Crippen molar-refractivity contribution in [2.45, 2.75) is 19.3 Å². The summed E-state index contributed by atoms with van der Waals surface area (Å²) >= 11 is 9.66. The van der Waals surface area contributed by atoms with Crippen LogP contribution in [0.3, 0.4) is 0 Å². The fourth-order valence-corrected chi connectivity index (χ4v) is 3.47. The standard InChI is InChI=1S/C14H18BrClO4S/c1-20-14(17)12-6-5-10(4-3-9-21(2,18)19)11(7-8-15)13(12)16/h5-6H,3-4,7-9H2,1-2H3. The smallest absolute Gasteiger partial charge is 0.339 e. The second-order valence-electron chi connectivity index (χ2n) is 4.73. The minimum atomic E-state index is -2.97. The molecule has 21 heavy (non-hydrogen) atoms. The number of sulfone groups is 1. The van der Waals surface area contributed by atoms with E-state index < -0.39 is 15.8 Å². The van der Waals surface area contributed by atoms with Gasteiger partial charge in [-0.3, -0.25) is 0 Å². The van der Waals surface area contributed by atoms with E-state index in [0.717, 1.165) is 11.1 Å². The Morgan fingerprint density at radius 3 is 2.52 bits per heavy atom. The summed E-state index contributed by atoms with van der Waals surface area (Å²) in [6.45, 7) is 0. The molecule has 0 spiro atoms. The Morgan fingerprint density at radius 1 is 1.33 bits per heavy atom. The number of carbonyl (C=O) groups excluding carboxylic acids is 1. The lowest BCUT2D eigenvalue weighted by Gasteiger charge is -2.13. The first-order valence-electron chi connectivity index (χ1n) is 6.42. The van der Waals surface area contributed by atoms with E-state index in [4.69, 9.17) is 16.3 Å². The van der Waals surface area contributed by atoms with Crippen LogP contribution in [0, 0.1) is 0 Å². The number of esters is 1. The molecule has 0 N–H and O–H groups in total. The Hall–Kier alpha value is -0.590. The van der Waals surface area contributed by atoms with Gasteiger partial charge >= 0.3 is 5.97 Å². The molecule has 0 atom stereocenters. The van der Waals surface area contributed by atoms with Crippen molar-refractivity contribution in [1.82, 2.24) is 0 Å². The first-order valence-corrected chi connectivity index (χ1v) is 9.98. The summed E-state index contributed by atoms with van der Waals surface area (Å²) in [5, 5.41) is 1.09. The third-order valence-electron chi connectivity index (χ3n) is 3.05. The van der Waals surface area contributed by atoms with Crippen molar-refractivity contribution >= 4 is 43.3 Å². The first kappa shape index (κ1) is 18.5. The normalized spacial score (nSPS) is 11.4. The van der Waals surface area contributed by atoms with Crippen LogP contribution in [0.15, 0.2) is 12.1 Å². The van der Waals surface area contributed by atoms with Crippen molar-refractivity contribution in [1.29, 1.82) is 0 Å². The number of hydrogen-bond acceptors (Lipinski definition) is 4. The average Bonchev–Trinajstić information content (AvgIpc) is 2.40. The molecule has 0 heterocycles. The number of halogens is 2. The highest BCUT2D eigenvalue weighted by atomic mass is 79.9. The molecule has 118 valence electrons. The third kappa shape index (κ3) is 5.60. The molecule has 0 aromatic heterocycles. The Balaban J connectivity index is 3.04. The predicted molar refractivity (Wildman–Crippen MR) is 88.3 cm³/mol. The number of ether oxygens (including phenoxy) is 1. The molecule has 0 bridgehead atoms. The number of carbonyl (C=O) groups is 1. The van der Waals surface area contributed by atoms with E-state index >= 15 is 0 Å². The van der Waals surface area contributed by atoms with Crippen LogP contribution in [0.1, 0.15) is 27.9 Å². The number of aryl methyl sites for hydroxylation is 1. The maximum atomic E-state index is 11.6. The summed E-state index contributed by atoms with van der Waals surface area (Å²) < 4.78 is 27.1. The molecular weight excluding hydrogens is 380 g/mol. The molecule has 0 aliphatic carbocycles. The van der Waals surface area contributed by atoms with Crippen LogP contribution in [0.4, 0.5) is 0 Å². The Morgan fingerprint density at radius 2 is 2.00 bits per heavy atom. The van der Waals surface area contributed by atoms with E-state index in [0.29, 0.717) is 35.2 Å². The van der Waals surface area contributed by atoms with Crippen LogP contribution >= 0.6 is 27.5 Å². The maximum Gasteiger partial charge on any atom is 0.339 e. The molecule has 1 aromatic rings. The molecule has 0 aliphatic heterocycles. The van der Waals surface area contributed by atoms with Crippen molar-refractivity contribution in [3.63, 3.8) is 0 Å². The number of benzene rings is 1. The molecule has 0 radical (unpaired) electrons. The van der Waals surface area contributed by atoms with E-state index in [1.54, 1.807) is 6.07 Å². The zero-order chi connectivity index (χ0) is 16.0. The summed E-state index contributed by atoms with van der Waals surface area (Å²) in [4.78, 5) is 11.6. The highest BCUT2D eigenvalue weighted by Gasteiger charge is 2.17. The van der Waals surface area contributed by atoms with Crippen molar-refractivity contribution in [3.8, 4) is 0 Å². The fourth-order valence-electron chi connectivity index (χ4n) is 2.05. The highest BCUT2D eigenvalue weighted by Crippen LogP contribution is 2.27. The summed E-state index contributed by atoms with van der Waals surface area (Å²) in [6.07, 6.45) is 3.02. The van der Waals surface area contributed by atoms with Gasteiger partial charge in [0.2, 0.25) is 0 Å². The molecule has 0 aliphatic rings. The van der Waals surface area contributed by atoms with Gasteiger partial charge in [-0.15, -0.1) is 0 Å². The number of alkyl halides is 1. The zero-order valence-corrected chi connectivity index (χ0v) is 15.1. The predicted octanol–water partition coefficient (Wildman–Crippen LogP) is 3.04. The van der Waals surface area contributed by atoms with Crippen LogP contribution in [0.25, 0.3) is 0 Å². The van der Waals surface area contributed by atoms with Gasteiger partial charge in [0, 0.05) is 11.6 Å². The molecule has 1 rings (SSSR count). The van der Waals surface area contributed by atoms with Gasteiger partial charge < -0.3 is 4.74 Å². The Kier molecular flexibility index (Phi) is 7.16. The van der Waals surface area contributed by atoms with Gasteiger partial charge in [0.25, 0.3) is 0 Å². The van der Waals surface area contributed by atoms with Gasteiger partial charge in [-0.05, 0) is 36.5 Å². The lowest BCUT2D eigenvalue weighted by Crippen LogP contribution is -2.08. The largest absolute Gasteiger partial charge is 0.465 e. The van der Waals surface area contributed by atoms with Crippen LogP contribution in [0.5, 0.6) is 0 Å². The third-order valence-corrected chi connectivity index (χ3v) is 4.91. The first-order chi connectivity index (χ1) is 9.80. The lowest BCUT2D eigenvalue weighted by atomic mass is 9.98. The molecule has 0 saturated carbocycles. The van der Waals surface area contributed by atoms with Crippen LogP contribution in [-0.4, -0.2) is 38.8 Å². The lowest BCUT2D eigenvalue weighted by molar-refractivity contribution is 0.0601. The van der Waals surface area contributed by atoms with Crippen molar-refractivity contribution in [2.24, 2.45) is 0 Å². The van der Waals surface area contributed by atoms with Crippen LogP contribution in [0.2, 0.25) is 5.02 Å². The van der Waals surface area contributed by atoms with E-state index in [-0.39, 0.29) is 5.75 Å². The topological polar surface area (TPSA) is 60.4 Å². The van der Waals surface area contributed by atoms with Crippen molar-refractivity contribution < 1.29 is 17.9 Å². The molecule has 0 saturated heterocycles. The number of rotatable bonds is 7. The van der Waals surface area contributed by atoms with Crippen LogP contribution in [-0.2, 0) is 27.4 Å². The molecule has 7 heteroatoms. The average molecular weight is 398 g/mol. The molecule has 0 amide bonds. The van der Waals surface area contributed by atoms with Gasteiger partial charge in [-0.25, -0.2) is 13.2 Å². The van der Waals surface area contributed by atoms with Gasteiger partial charge in [0.05, 0.1) is 23.4 Å². The molecule has 0 unspecified atom stereocenters. The van der Waals surface area contributed by atoms with E-state index in [2.05, 4.69) is 15.9 Å². The molecule has 4 nitrogen and oxygen atoms in total. The van der Waals surface area contributed by atoms with E-state index in [9.17, 15) is 13.2 Å². The Bertz CT molecular complexity index is 614. The summed E-state index contributed by atoms with van der Waals surface area (Å²) in [7, 11) is -1.66. The van der Waals surface area contributed by atoms with Gasteiger partial charge in [0.15, 0.2) is 0 Å². The second-order valence-corrected chi connectivity index (χ2v) is 8.16. The quantitative estimate of drug-likeness (QED) is 0.524. The van der Waals surface area contributed by atoms with Crippen LogP contribution < -0.4 is 0 Å². The monoisotopic (exact) mass is 396 g/mol. The summed E-state index contributed by atoms with van der Waals surface area (Å²) in [5.74, 6) is -0.338. The SMILES string of the molecule is COC(=O)c1ccc(CCCS(C)(=O)=O)c(CCBr)c1Cl. The van der Waals surface area contributed by atoms with Crippen molar-refractivity contribution in [2.75, 3.05) is 24.4 Å². The fraction of sp³-hybridized carbons (Fsp3) is 0.500. The van der Waals surface area contributed by atoms with Gasteiger partial charge in [0.1, 0.15) is 9.84 Å². The zero-order valence-electron chi connectivity index (χ0n) is 12.0. The van der Waals surface area contributed by atoms with Gasteiger partial charge in [-0.2, -0.15) is 0 Å². The molecular formula is C14H18BrClO4S. The van der Waals surface area contributed by atoms with Crippen molar-refractivity contribution in [3.05, 3.63) is 33.8 Å². The molecule has 1 aromatic carbocycles. The van der Waals surface area contributed by atoms with E-state index in [1.165, 1.54) is 13.4 Å². The summed E-state index contributed by atoms with van der Waals surface area (Å²) in [5.41, 5.74) is 2.17. The number of methoxy groups -OCH3 is 1. The number of hydrogen-bond donors (Lipinski definition) is 0. The maximum absolute atomic E-state index is 11.6. The minimum absolute atomic E-state index is 0.136. The molecule has 0 fully saturated rings. The van der Waals surface area contributed by atoms with E-state index in [1.807, 2.05) is 6.07 Å². The highest BCUT2D eigenvalue weighted by molar-refractivity contribution is 9.09. The van der Waals surface area contributed by atoms with Gasteiger partial charge in [-0.1, -0.05) is 33.6 Å². The Labute approximate surface area is 138 Å².